The van der Waals surface area contributed by atoms with Crippen LogP contribution in [-0.2, 0) is 13.1 Å². The fraction of sp³-hybridized carbons (Fsp3) is 0.286. The van der Waals surface area contributed by atoms with Crippen LogP contribution in [0.25, 0.3) is 5.82 Å². The first-order chi connectivity index (χ1) is 15.0. The predicted molar refractivity (Wildman–Crippen MR) is 113 cm³/mol. The maximum atomic E-state index is 12.7. The van der Waals surface area contributed by atoms with Crippen molar-refractivity contribution in [2.45, 2.75) is 26.6 Å². The van der Waals surface area contributed by atoms with Crippen LogP contribution in [-0.4, -0.2) is 41.3 Å². The van der Waals surface area contributed by atoms with Gasteiger partial charge in [-0.3, -0.25) is 9.56 Å². The van der Waals surface area contributed by atoms with Crippen LogP contribution < -0.4 is 20.1 Å². The van der Waals surface area contributed by atoms with Gasteiger partial charge in [0.1, 0.15) is 23.1 Å². The smallest absolute Gasteiger partial charge is 0.387 e. The number of alkyl halides is 2. The molecule has 2 aromatic heterocycles. The Morgan fingerprint density at radius 1 is 1.16 bits per heavy atom. The second-order valence-electron chi connectivity index (χ2n) is 6.50. The Labute approximate surface area is 179 Å². The molecule has 2 heterocycles. The van der Waals surface area contributed by atoms with Gasteiger partial charge < -0.3 is 20.1 Å². The van der Waals surface area contributed by atoms with Crippen LogP contribution in [0.2, 0.25) is 0 Å². The molecule has 8 nitrogen and oxygen atoms in total. The average Bonchev–Trinajstić information content (AvgIpc) is 3.20. The number of nitrogens with one attached hydrogen (secondary N) is 2. The SMILES string of the molecule is CN=C(NCc1ccc(-n2ccnc2C)nc1)NCc1cc(OC)ccc1OC(F)F. The van der Waals surface area contributed by atoms with E-state index in [1.807, 2.05) is 29.8 Å². The molecule has 0 aliphatic heterocycles. The fourth-order valence-corrected chi connectivity index (χ4v) is 2.90. The van der Waals surface area contributed by atoms with Crippen molar-refractivity contribution in [2.24, 2.45) is 4.99 Å². The summed E-state index contributed by atoms with van der Waals surface area (Å²) >= 11 is 0. The monoisotopic (exact) mass is 430 g/mol. The van der Waals surface area contributed by atoms with Crippen LogP contribution in [0, 0.1) is 6.92 Å². The normalized spacial score (nSPS) is 11.5. The summed E-state index contributed by atoms with van der Waals surface area (Å²) in [5.41, 5.74) is 1.47. The molecule has 0 atom stereocenters. The molecular weight excluding hydrogens is 406 g/mol. The maximum absolute atomic E-state index is 12.7. The number of hydrogen-bond donors (Lipinski definition) is 2. The number of rotatable bonds is 8. The number of aromatic nitrogens is 3. The first kappa shape index (κ1) is 22.0. The number of nitrogens with zero attached hydrogens (tertiary/aromatic N) is 4. The number of aryl methyl sites for hydroxylation is 1. The van der Waals surface area contributed by atoms with Gasteiger partial charge >= 0.3 is 6.61 Å². The van der Waals surface area contributed by atoms with Crippen LogP contribution in [0.5, 0.6) is 11.5 Å². The van der Waals surface area contributed by atoms with Crippen molar-refractivity contribution in [3.05, 3.63) is 65.9 Å². The average molecular weight is 430 g/mol. The van der Waals surface area contributed by atoms with Crippen LogP contribution in [0.15, 0.2) is 53.9 Å². The molecule has 3 aromatic rings. The Bertz CT molecular complexity index is 1020. The van der Waals surface area contributed by atoms with Crippen molar-refractivity contribution in [2.75, 3.05) is 14.2 Å². The van der Waals surface area contributed by atoms with Crippen molar-refractivity contribution in [3.8, 4) is 17.3 Å². The number of hydrogen-bond acceptors (Lipinski definition) is 5. The largest absolute Gasteiger partial charge is 0.497 e. The Morgan fingerprint density at radius 2 is 1.97 bits per heavy atom. The lowest BCUT2D eigenvalue weighted by molar-refractivity contribution is -0.0505. The van der Waals surface area contributed by atoms with E-state index in [9.17, 15) is 8.78 Å². The quantitative estimate of drug-likeness (QED) is 0.422. The Morgan fingerprint density at radius 3 is 2.58 bits per heavy atom. The Hall–Kier alpha value is -3.69. The van der Waals surface area contributed by atoms with Gasteiger partial charge in [0.05, 0.1) is 7.11 Å². The molecule has 0 aliphatic rings. The molecule has 0 saturated heterocycles. The summed E-state index contributed by atoms with van der Waals surface area (Å²) in [6, 6.07) is 8.52. The highest BCUT2D eigenvalue weighted by molar-refractivity contribution is 5.79. The zero-order chi connectivity index (χ0) is 22.2. The minimum Gasteiger partial charge on any atom is -0.497 e. The summed E-state index contributed by atoms with van der Waals surface area (Å²) in [5, 5.41) is 6.26. The molecule has 0 bridgehead atoms. The maximum Gasteiger partial charge on any atom is 0.387 e. The van der Waals surface area contributed by atoms with Crippen molar-refractivity contribution in [1.29, 1.82) is 0 Å². The zero-order valence-electron chi connectivity index (χ0n) is 17.5. The molecule has 31 heavy (non-hydrogen) atoms. The molecular formula is C21H24F2N6O2. The van der Waals surface area contributed by atoms with Crippen molar-refractivity contribution in [1.82, 2.24) is 25.2 Å². The first-order valence-electron chi connectivity index (χ1n) is 9.51. The summed E-state index contributed by atoms with van der Waals surface area (Å²) in [5.74, 6) is 2.76. The minimum absolute atomic E-state index is 0.0772. The van der Waals surface area contributed by atoms with Gasteiger partial charge in [-0.15, -0.1) is 0 Å². The molecule has 0 aliphatic carbocycles. The predicted octanol–water partition coefficient (Wildman–Crippen LogP) is 3.05. The third-order valence-electron chi connectivity index (χ3n) is 4.50. The highest BCUT2D eigenvalue weighted by atomic mass is 19.3. The topological polar surface area (TPSA) is 85.6 Å². The minimum atomic E-state index is -2.91. The second-order valence-corrected chi connectivity index (χ2v) is 6.50. The molecule has 3 rings (SSSR count). The summed E-state index contributed by atoms with van der Waals surface area (Å²) in [6.45, 7) is -0.303. The van der Waals surface area contributed by atoms with Gasteiger partial charge in [0.2, 0.25) is 0 Å². The van der Waals surface area contributed by atoms with Crippen LogP contribution >= 0.6 is 0 Å². The molecule has 10 heteroatoms. The van der Waals surface area contributed by atoms with E-state index in [0.29, 0.717) is 23.8 Å². The Balaban J connectivity index is 1.59. The highest BCUT2D eigenvalue weighted by Crippen LogP contribution is 2.25. The summed E-state index contributed by atoms with van der Waals surface area (Å²) in [4.78, 5) is 12.8. The van der Waals surface area contributed by atoms with Gasteiger partial charge in [0.15, 0.2) is 5.96 Å². The molecule has 0 amide bonds. The van der Waals surface area contributed by atoms with Gasteiger partial charge in [-0.05, 0) is 36.8 Å². The second kappa shape index (κ2) is 10.4. The van der Waals surface area contributed by atoms with Crippen molar-refractivity contribution in [3.63, 3.8) is 0 Å². The number of halogens is 2. The van der Waals surface area contributed by atoms with E-state index in [4.69, 9.17) is 4.74 Å². The summed E-state index contributed by atoms with van der Waals surface area (Å²) in [6.07, 6.45) is 5.35. The van der Waals surface area contributed by atoms with E-state index in [-0.39, 0.29) is 12.3 Å². The van der Waals surface area contributed by atoms with E-state index < -0.39 is 6.61 Å². The molecule has 0 spiro atoms. The van der Waals surface area contributed by atoms with Gasteiger partial charge in [-0.1, -0.05) is 6.07 Å². The van der Waals surface area contributed by atoms with E-state index in [1.54, 1.807) is 31.6 Å². The van der Waals surface area contributed by atoms with Gasteiger partial charge in [0.25, 0.3) is 0 Å². The fourth-order valence-electron chi connectivity index (χ4n) is 2.90. The number of imidazole rings is 1. The lowest BCUT2D eigenvalue weighted by Gasteiger charge is -2.15. The lowest BCUT2D eigenvalue weighted by Crippen LogP contribution is -2.36. The van der Waals surface area contributed by atoms with Crippen molar-refractivity contribution < 1.29 is 18.3 Å². The Kier molecular flexibility index (Phi) is 7.36. The summed E-state index contributed by atoms with van der Waals surface area (Å²) < 4.78 is 37.0. The van der Waals surface area contributed by atoms with E-state index in [2.05, 4.69) is 30.3 Å². The number of benzene rings is 1. The summed E-state index contributed by atoms with van der Waals surface area (Å²) in [7, 11) is 3.13. The number of methoxy groups -OCH3 is 1. The number of pyridine rings is 1. The molecule has 0 unspecified atom stereocenters. The van der Waals surface area contributed by atoms with Crippen LogP contribution in [0.1, 0.15) is 17.0 Å². The van der Waals surface area contributed by atoms with Gasteiger partial charge in [-0.2, -0.15) is 8.78 Å². The number of guanidine groups is 1. The molecule has 0 fully saturated rings. The van der Waals surface area contributed by atoms with Gasteiger partial charge in [0, 0.05) is 44.3 Å². The highest BCUT2D eigenvalue weighted by Gasteiger charge is 2.12. The third kappa shape index (κ3) is 5.91. The van der Waals surface area contributed by atoms with E-state index in [1.165, 1.54) is 13.2 Å². The van der Waals surface area contributed by atoms with E-state index in [0.717, 1.165) is 17.2 Å². The zero-order valence-corrected chi connectivity index (χ0v) is 17.5. The molecule has 0 radical (unpaired) electrons. The molecule has 2 N–H and O–H groups in total. The van der Waals surface area contributed by atoms with Crippen LogP contribution in [0.3, 0.4) is 0 Å². The molecule has 164 valence electrons. The number of ether oxygens (including phenoxy) is 2. The number of aliphatic imine (C=N–C) groups is 1. The first-order valence-corrected chi connectivity index (χ1v) is 9.51. The van der Waals surface area contributed by atoms with E-state index >= 15 is 0 Å². The third-order valence-corrected chi connectivity index (χ3v) is 4.50. The lowest BCUT2D eigenvalue weighted by atomic mass is 10.2. The van der Waals surface area contributed by atoms with Crippen molar-refractivity contribution >= 4 is 5.96 Å². The molecule has 0 saturated carbocycles. The van der Waals surface area contributed by atoms with Gasteiger partial charge in [-0.25, -0.2) is 9.97 Å². The molecule has 1 aromatic carbocycles. The van der Waals surface area contributed by atoms with Crippen LogP contribution in [0.4, 0.5) is 8.78 Å². The standard InChI is InChI=1S/C21H24F2N6O2/c1-14-25-8-9-29(14)19-7-4-15(11-26-19)12-27-21(24-2)28-13-16-10-17(30-3)5-6-18(16)31-20(22)23/h4-11,20H,12-13H2,1-3H3,(H2,24,27,28).